The van der Waals surface area contributed by atoms with Gasteiger partial charge >= 0.3 is 5.97 Å². The fraction of sp³-hybridized carbons (Fsp3) is 0.964. The van der Waals surface area contributed by atoms with Gasteiger partial charge in [0, 0.05) is 6.42 Å². The molecule has 2 unspecified atom stereocenters. The van der Waals surface area contributed by atoms with Crippen LogP contribution in [0.25, 0.3) is 0 Å². The van der Waals surface area contributed by atoms with Crippen LogP contribution in [-0.4, -0.2) is 11.1 Å². The summed E-state index contributed by atoms with van der Waals surface area (Å²) < 4.78 is 0. The minimum absolute atomic E-state index is 0.357. The molecule has 1 N–H and O–H groups in total. The maximum absolute atomic E-state index is 11.1. The monoisotopic (exact) mass is 424 g/mol. The second-order valence-corrected chi connectivity index (χ2v) is 9.74. The van der Waals surface area contributed by atoms with Gasteiger partial charge in [-0.2, -0.15) is 0 Å². The second kappa shape index (κ2) is 23.1. The van der Waals surface area contributed by atoms with Crippen LogP contribution in [0.3, 0.4) is 0 Å². The zero-order chi connectivity index (χ0) is 22.3. The van der Waals surface area contributed by atoms with E-state index in [1.54, 1.807) is 0 Å². The van der Waals surface area contributed by atoms with Crippen LogP contribution in [0.15, 0.2) is 0 Å². The van der Waals surface area contributed by atoms with Gasteiger partial charge in [-0.15, -0.1) is 0 Å². The van der Waals surface area contributed by atoms with Gasteiger partial charge in [0.25, 0.3) is 0 Å². The van der Waals surface area contributed by atoms with E-state index in [0.29, 0.717) is 12.3 Å². The summed E-state index contributed by atoms with van der Waals surface area (Å²) in [7, 11) is 0. The summed E-state index contributed by atoms with van der Waals surface area (Å²) in [5.74, 6) is 0.743. The summed E-state index contributed by atoms with van der Waals surface area (Å²) in [5, 5.41) is 9.18. The standard InChI is InChI=1S/C28H56O2/c1-4-7-9-11-13-14-15-17-19-21-23-27(24-25-28(29)30)26(6-3)22-20-18-16-12-10-8-5-2/h26-27H,4-25H2,1-3H3,(H,29,30). The number of hydrogen-bond donors (Lipinski definition) is 1. The van der Waals surface area contributed by atoms with Crippen molar-refractivity contribution in [2.75, 3.05) is 0 Å². The number of rotatable bonds is 24. The highest BCUT2D eigenvalue weighted by Crippen LogP contribution is 2.31. The quantitative estimate of drug-likeness (QED) is 0.156. The molecule has 0 saturated carbocycles. The topological polar surface area (TPSA) is 37.3 Å². The smallest absolute Gasteiger partial charge is 0.303 e. The Bertz CT molecular complexity index is 353. The molecule has 180 valence electrons. The Balaban J connectivity index is 4.03. The molecule has 0 radical (unpaired) electrons. The van der Waals surface area contributed by atoms with Crippen molar-refractivity contribution in [3.05, 3.63) is 0 Å². The van der Waals surface area contributed by atoms with Crippen molar-refractivity contribution in [2.45, 2.75) is 162 Å². The molecule has 0 aliphatic carbocycles. The average molecular weight is 425 g/mol. The lowest BCUT2D eigenvalue weighted by atomic mass is 9.79. The van der Waals surface area contributed by atoms with Gasteiger partial charge in [0.05, 0.1) is 0 Å². The van der Waals surface area contributed by atoms with Crippen LogP contribution in [0.5, 0.6) is 0 Å². The Morgan fingerprint density at radius 2 is 0.900 bits per heavy atom. The maximum atomic E-state index is 11.1. The molecule has 0 heterocycles. The van der Waals surface area contributed by atoms with E-state index < -0.39 is 5.97 Å². The van der Waals surface area contributed by atoms with E-state index in [2.05, 4.69) is 20.8 Å². The minimum atomic E-state index is -0.617. The van der Waals surface area contributed by atoms with Crippen molar-refractivity contribution in [3.63, 3.8) is 0 Å². The van der Waals surface area contributed by atoms with E-state index in [1.807, 2.05) is 0 Å². The highest BCUT2D eigenvalue weighted by atomic mass is 16.4. The van der Waals surface area contributed by atoms with E-state index >= 15 is 0 Å². The van der Waals surface area contributed by atoms with Gasteiger partial charge in [0.1, 0.15) is 0 Å². The zero-order valence-electron chi connectivity index (χ0n) is 21.1. The highest BCUT2D eigenvalue weighted by Gasteiger charge is 2.20. The van der Waals surface area contributed by atoms with Gasteiger partial charge in [-0.3, -0.25) is 4.79 Å². The first kappa shape index (κ1) is 29.5. The Labute approximate surface area is 190 Å². The van der Waals surface area contributed by atoms with Crippen LogP contribution in [0, 0.1) is 11.8 Å². The third-order valence-corrected chi connectivity index (χ3v) is 7.03. The van der Waals surface area contributed by atoms with Gasteiger partial charge in [-0.1, -0.05) is 149 Å². The van der Waals surface area contributed by atoms with Gasteiger partial charge in [-0.05, 0) is 18.3 Å². The third-order valence-electron chi connectivity index (χ3n) is 7.03. The molecule has 2 nitrogen and oxygen atoms in total. The lowest BCUT2D eigenvalue weighted by Crippen LogP contribution is -2.16. The molecule has 0 aromatic rings. The number of carbonyl (C=O) groups is 1. The summed E-state index contributed by atoms with van der Waals surface area (Å²) in [6, 6.07) is 0. The van der Waals surface area contributed by atoms with Crippen molar-refractivity contribution < 1.29 is 9.90 Å². The molecule has 0 aliphatic rings. The second-order valence-electron chi connectivity index (χ2n) is 9.74. The molecule has 0 saturated heterocycles. The van der Waals surface area contributed by atoms with E-state index in [9.17, 15) is 9.90 Å². The lowest BCUT2D eigenvalue weighted by Gasteiger charge is -2.26. The van der Waals surface area contributed by atoms with Crippen molar-refractivity contribution in [3.8, 4) is 0 Å². The molecule has 2 atom stereocenters. The predicted molar refractivity (Wildman–Crippen MR) is 133 cm³/mol. The lowest BCUT2D eigenvalue weighted by molar-refractivity contribution is -0.137. The summed E-state index contributed by atoms with van der Waals surface area (Å²) in [4.78, 5) is 11.1. The summed E-state index contributed by atoms with van der Waals surface area (Å²) in [6.45, 7) is 6.87. The molecule has 0 aromatic carbocycles. The number of aliphatic carboxylic acids is 1. The van der Waals surface area contributed by atoms with E-state index in [0.717, 1.165) is 12.3 Å². The molecule has 30 heavy (non-hydrogen) atoms. The molecule has 0 aliphatic heterocycles. The van der Waals surface area contributed by atoms with Crippen molar-refractivity contribution in [1.29, 1.82) is 0 Å². The summed E-state index contributed by atoms with van der Waals surface area (Å²) in [6.07, 6.45) is 28.4. The first-order valence-electron chi connectivity index (χ1n) is 13.9. The molecule has 0 spiro atoms. The SMILES string of the molecule is CCCCCCCCCCCCC(CCC(=O)O)C(CC)CCCCCCCCC. The van der Waals surface area contributed by atoms with E-state index in [-0.39, 0.29) is 0 Å². The molecule has 0 aromatic heterocycles. The Hall–Kier alpha value is -0.530. The third kappa shape index (κ3) is 19.4. The fourth-order valence-corrected chi connectivity index (χ4v) is 4.96. The largest absolute Gasteiger partial charge is 0.481 e. The van der Waals surface area contributed by atoms with Crippen LogP contribution < -0.4 is 0 Å². The highest BCUT2D eigenvalue weighted by molar-refractivity contribution is 5.66. The van der Waals surface area contributed by atoms with Crippen LogP contribution in [0.4, 0.5) is 0 Å². The molecular weight excluding hydrogens is 368 g/mol. The van der Waals surface area contributed by atoms with Gasteiger partial charge in [-0.25, -0.2) is 0 Å². The zero-order valence-corrected chi connectivity index (χ0v) is 21.1. The van der Waals surface area contributed by atoms with Gasteiger partial charge < -0.3 is 5.11 Å². The Morgan fingerprint density at radius 1 is 0.533 bits per heavy atom. The normalized spacial score (nSPS) is 13.4. The van der Waals surface area contributed by atoms with E-state index in [1.165, 1.54) is 128 Å². The number of carboxylic acid groups (broad SMARTS) is 1. The molecule has 0 bridgehead atoms. The molecule has 2 heteroatoms. The number of hydrogen-bond acceptors (Lipinski definition) is 1. The Morgan fingerprint density at radius 3 is 1.27 bits per heavy atom. The van der Waals surface area contributed by atoms with E-state index in [4.69, 9.17) is 0 Å². The minimum Gasteiger partial charge on any atom is -0.481 e. The average Bonchev–Trinajstić information content (AvgIpc) is 2.74. The van der Waals surface area contributed by atoms with Crippen LogP contribution in [-0.2, 0) is 4.79 Å². The predicted octanol–water partition coefficient (Wildman–Crippen LogP) is 9.95. The first-order chi connectivity index (χ1) is 14.7. The van der Waals surface area contributed by atoms with Crippen molar-refractivity contribution >= 4 is 5.97 Å². The maximum Gasteiger partial charge on any atom is 0.303 e. The van der Waals surface area contributed by atoms with Gasteiger partial charge in [0.2, 0.25) is 0 Å². The number of carboxylic acids is 1. The van der Waals surface area contributed by atoms with Gasteiger partial charge in [0.15, 0.2) is 0 Å². The van der Waals surface area contributed by atoms with Crippen molar-refractivity contribution in [2.24, 2.45) is 11.8 Å². The van der Waals surface area contributed by atoms with Crippen LogP contribution in [0.1, 0.15) is 162 Å². The van der Waals surface area contributed by atoms with Crippen LogP contribution in [0.2, 0.25) is 0 Å². The molecule has 0 fully saturated rings. The Kier molecular flexibility index (Phi) is 22.7. The van der Waals surface area contributed by atoms with Crippen molar-refractivity contribution in [1.82, 2.24) is 0 Å². The van der Waals surface area contributed by atoms with Crippen LogP contribution >= 0.6 is 0 Å². The summed E-state index contributed by atoms with van der Waals surface area (Å²) >= 11 is 0. The molecule has 0 amide bonds. The summed E-state index contributed by atoms with van der Waals surface area (Å²) in [5.41, 5.74) is 0. The fourth-order valence-electron chi connectivity index (χ4n) is 4.96. The molecule has 0 rings (SSSR count). The number of unbranched alkanes of at least 4 members (excludes halogenated alkanes) is 15. The first-order valence-corrected chi connectivity index (χ1v) is 13.9. The molecular formula is C28H56O2.